The van der Waals surface area contributed by atoms with Gasteiger partial charge < -0.3 is 15.4 Å². The summed E-state index contributed by atoms with van der Waals surface area (Å²) in [5.41, 5.74) is 0. The molecule has 0 bridgehead atoms. The van der Waals surface area contributed by atoms with Crippen molar-refractivity contribution in [3.63, 3.8) is 0 Å². The van der Waals surface area contributed by atoms with E-state index in [-0.39, 0.29) is 17.8 Å². The molecular weight excluding hydrogens is 312 g/mol. The van der Waals surface area contributed by atoms with Crippen LogP contribution < -0.4 is 10.6 Å². The van der Waals surface area contributed by atoms with Crippen LogP contribution in [0.3, 0.4) is 0 Å². The number of amides is 2. The SMILES string of the molecule is CCOCC(=O)NCCCCCCCCCCCNC(=O)SC. The first-order chi connectivity index (χ1) is 11.2. The maximum atomic E-state index is 11.3. The fourth-order valence-electron chi connectivity index (χ4n) is 2.22. The molecule has 2 N–H and O–H groups in total. The van der Waals surface area contributed by atoms with Gasteiger partial charge in [0.15, 0.2) is 0 Å². The van der Waals surface area contributed by atoms with Crippen LogP contribution in [0.2, 0.25) is 0 Å². The molecule has 0 fully saturated rings. The van der Waals surface area contributed by atoms with Crippen LogP contribution in [0.4, 0.5) is 4.79 Å². The van der Waals surface area contributed by atoms with Crippen LogP contribution in [0.1, 0.15) is 64.7 Å². The maximum Gasteiger partial charge on any atom is 0.278 e. The van der Waals surface area contributed by atoms with E-state index in [0.717, 1.165) is 25.9 Å². The van der Waals surface area contributed by atoms with Gasteiger partial charge in [-0.2, -0.15) is 0 Å². The van der Waals surface area contributed by atoms with Crippen molar-refractivity contribution in [2.24, 2.45) is 0 Å². The van der Waals surface area contributed by atoms with Crippen LogP contribution in [0.5, 0.6) is 0 Å². The van der Waals surface area contributed by atoms with Gasteiger partial charge in [-0.25, -0.2) is 0 Å². The van der Waals surface area contributed by atoms with Crippen LogP contribution in [-0.2, 0) is 9.53 Å². The largest absolute Gasteiger partial charge is 0.372 e. The molecule has 0 aliphatic rings. The predicted molar refractivity (Wildman–Crippen MR) is 98.0 cm³/mol. The molecule has 0 spiro atoms. The van der Waals surface area contributed by atoms with Gasteiger partial charge in [0.05, 0.1) is 0 Å². The van der Waals surface area contributed by atoms with E-state index < -0.39 is 0 Å². The first kappa shape index (κ1) is 22.2. The Morgan fingerprint density at radius 3 is 1.78 bits per heavy atom. The topological polar surface area (TPSA) is 67.4 Å². The third kappa shape index (κ3) is 17.4. The fourth-order valence-corrected chi connectivity index (χ4v) is 2.47. The quantitative estimate of drug-likeness (QED) is 0.443. The number of carbonyl (C=O) groups excluding carboxylic acids is 2. The number of nitrogens with one attached hydrogen (secondary N) is 2. The number of hydrogen-bond acceptors (Lipinski definition) is 4. The van der Waals surface area contributed by atoms with Crippen molar-refractivity contribution >= 4 is 22.9 Å². The molecule has 0 radical (unpaired) electrons. The molecule has 0 heterocycles. The Labute approximate surface area is 145 Å². The number of thioether (sulfide) groups is 1. The second kappa shape index (κ2) is 17.6. The van der Waals surface area contributed by atoms with Gasteiger partial charge in [-0.15, -0.1) is 0 Å². The Balaban J connectivity index is 3.10. The molecule has 0 atom stereocenters. The average molecular weight is 347 g/mol. The van der Waals surface area contributed by atoms with Crippen molar-refractivity contribution in [2.45, 2.75) is 64.7 Å². The van der Waals surface area contributed by atoms with Crippen molar-refractivity contribution in [2.75, 3.05) is 32.6 Å². The highest BCUT2D eigenvalue weighted by Gasteiger charge is 1.99. The second-order valence-corrected chi connectivity index (χ2v) is 6.37. The zero-order valence-electron chi connectivity index (χ0n) is 14.8. The van der Waals surface area contributed by atoms with E-state index in [9.17, 15) is 9.59 Å². The molecule has 0 saturated carbocycles. The summed E-state index contributed by atoms with van der Waals surface area (Å²) in [5.74, 6) is -0.0134. The number of hydrogen-bond donors (Lipinski definition) is 2. The highest BCUT2D eigenvalue weighted by molar-refractivity contribution is 8.12. The summed E-state index contributed by atoms with van der Waals surface area (Å²) >= 11 is 1.23. The summed E-state index contributed by atoms with van der Waals surface area (Å²) in [6.45, 7) is 4.20. The van der Waals surface area contributed by atoms with Gasteiger partial charge in [0, 0.05) is 19.7 Å². The third-order valence-corrected chi connectivity index (χ3v) is 4.08. The lowest BCUT2D eigenvalue weighted by Crippen LogP contribution is -2.28. The molecular formula is C17H34N2O3S. The minimum absolute atomic E-state index is 0.0134. The van der Waals surface area contributed by atoms with Crippen molar-refractivity contribution in [3.05, 3.63) is 0 Å². The van der Waals surface area contributed by atoms with Crippen LogP contribution >= 0.6 is 11.8 Å². The molecule has 0 rings (SSSR count). The van der Waals surface area contributed by atoms with Crippen molar-refractivity contribution < 1.29 is 14.3 Å². The van der Waals surface area contributed by atoms with Gasteiger partial charge in [-0.3, -0.25) is 9.59 Å². The van der Waals surface area contributed by atoms with Crippen LogP contribution in [0.25, 0.3) is 0 Å². The number of unbranched alkanes of at least 4 members (excludes halogenated alkanes) is 8. The third-order valence-electron chi connectivity index (χ3n) is 3.57. The molecule has 5 nitrogen and oxygen atoms in total. The van der Waals surface area contributed by atoms with Gasteiger partial charge >= 0.3 is 0 Å². The van der Waals surface area contributed by atoms with E-state index in [2.05, 4.69) is 10.6 Å². The van der Waals surface area contributed by atoms with Crippen LogP contribution in [-0.4, -0.2) is 43.7 Å². The maximum absolute atomic E-state index is 11.3. The Kier molecular flexibility index (Phi) is 17.0. The molecule has 0 aromatic rings. The Morgan fingerprint density at radius 2 is 1.30 bits per heavy atom. The molecule has 2 amide bonds. The van der Waals surface area contributed by atoms with Crippen LogP contribution in [0.15, 0.2) is 0 Å². The molecule has 136 valence electrons. The minimum Gasteiger partial charge on any atom is -0.372 e. The molecule has 23 heavy (non-hydrogen) atoms. The summed E-state index contributed by atoms with van der Waals surface area (Å²) in [6.07, 6.45) is 12.6. The van der Waals surface area contributed by atoms with Gasteiger partial charge in [-0.05, 0) is 26.0 Å². The van der Waals surface area contributed by atoms with E-state index >= 15 is 0 Å². The lowest BCUT2D eigenvalue weighted by molar-refractivity contribution is -0.125. The molecule has 0 unspecified atom stereocenters. The first-order valence-corrected chi connectivity index (χ1v) is 10.1. The van der Waals surface area contributed by atoms with Gasteiger partial charge in [0.1, 0.15) is 6.61 Å². The van der Waals surface area contributed by atoms with Crippen molar-refractivity contribution in [1.29, 1.82) is 0 Å². The second-order valence-electron chi connectivity index (χ2n) is 5.59. The zero-order valence-corrected chi connectivity index (χ0v) is 15.6. The molecule has 0 aromatic carbocycles. The summed E-state index contributed by atoms with van der Waals surface area (Å²) in [6, 6.07) is 0. The van der Waals surface area contributed by atoms with E-state index in [0.29, 0.717) is 6.61 Å². The standard InChI is InChI=1S/C17H34N2O3S/c1-3-22-15-16(20)18-13-11-9-7-5-4-6-8-10-12-14-19-17(21)23-2/h3-15H2,1-2H3,(H,18,20)(H,19,21). The zero-order chi connectivity index (χ0) is 17.2. The fraction of sp³-hybridized carbons (Fsp3) is 0.882. The molecule has 6 heteroatoms. The average Bonchev–Trinajstić information content (AvgIpc) is 2.56. The highest BCUT2D eigenvalue weighted by atomic mass is 32.2. The summed E-state index contributed by atoms with van der Waals surface area (Å²) in [5, 5.41) is 5.80. The van der Waals surface area contributed by atoms with E-state index in [1.54, 1.807) is 6.26 Å². The monoisotopic (exact) mass is 346 g/mol. The summed E-state index contributed by atoms with van der Waals surface area (Å²) < 4.78 is 5.04. The lowest BCUT2D eigenvalue weighted by atomic mass is 10.1. The predicted octanol–water partition coefficient (Wildman–Crippen LogP) is 3.72. The van der Waals surface area contributed by atoms with Crippen molar-refractivity contribution in [1.82, 2.24) is 10.6 Å². The van der Waals surface area contributed by atoms with Gasteiger partial charge in [0.2, 0.25) is 5.91 Å². The Morgan fingerprint density at radius 1 is 0.826 bits per heavy atom. The first-order valence-electron chi connectivity index (χ1n) is 8.87. The normalized spacial score (nSPS) is 10.5. The smallest absolute Gasteiger partial charge is 0.278 e. The van der Waals surface area contributed by atoms with Gasteiger partial charge in [0.25, 0.3) is 5.24 Å². The van der Waals surface area contributed by atoms with Gasteiger partial charge in [-0.1, -0.05) is 56.7 Å². The lowest BCUT2D eigenvalue weighted by Gasteiger charge is -2.05. The Bertz CT molecular complexity index is 302. The number of ether oxygens (including phenoxy) is 1. The molecule has 0 aliphatic heterocycles. The van der Waals surface area contributed by atoms with E-state index in [4.69, 9.17) is 4.74 Å². The molecule has 0 aromatic heterocycles. The number of rotatable bonds is 15. The molecule has 0 saturated heterocycles. The van der Waals surface area contributed by atoms with E-state index in [1.165, 1.54) is 56.7 Å². The highest BCUT2D eigenvalue weighted by Crippen LogP contribution is 2.09. The van der Waals surface area contributed by atoms with Crippen molar-refractivity contribution in [3.8, 4) is 0 Å². The number of carbonyl (C=O) groups is 2. The molecule has 0 aliphatic carbocycles. The Hall–Kier alpha value is -0.750. The summed E-state index contributed by atoms with van der Waals surface area (Å²) in [7, 11) is 0. The minimum atomic E-state index is -0.0134. The van der Waals surface area contributed by atoms with E-state index in [1.807, 2.05) is 6.92 Å². The summed E-state index contributed by atoms with van der Waals surface area (Å²) in [4.78, 5) is 22.3. The van der Waals surface area contributed by atoms with Crippen LogP contribution in [0, 0.1) is 0 Å².